The third-order valence-corrected chi connectivity index (χ3v) is 4.64. The Hall–Kier alpha value is -2.47. The van der Waals surface area contributed by atoms with Gasteiger partial charge >= 0.3 is 0 Å². The van der Waals surface area contributed by atoms with Gasteiger partial charge in [-0.15, -0.1) is 0 Å². The maximum atomic E-state index is 12.8. The maximum absolute atomic E-state index is 12.8. The molecule has 6 nitrogen and oxygen atoms in total. The standard InChI is InChI=1S/C18H19N3O3/c22-16(15-12-13-4-1-2-5-14(13)24-15)21-18(6-10-23-11-7-18)17-19-8-3-9-20-17/h1-5,8-9,15H,6-7,10-12H2,(H,21,22)/t15-/m0/s1. The molecule has 0 aliphatic carbocycles. The molecule has 124 valence electrons. The Morgan fingerprint density at radius 3 is 2.62 bits per heavy atom. The molecule has 1 saturated heterocycles. The molecule has 6 heteroatoms. The second kappa shape index (κ2) is 6.20. The van der Waals surface area contributed by atoms with Gasteiger partial charge in [0, 0.05) is 44.9 Å². The molecule has 0 saturated carbocycles. The van der Waals surface area contributed by atoms with Crippen molar-refractivity contribution in [2.75, 3.05) is 13.2 Å². The van der Waals surface area contributed by atoms with Gasteiger partial charge in [0.05, 0.1) is 0 Å². The molecule has 1 fully saturated rings. The largest absolute Gasteiger partial charge is 0.480 e. The molecule has 2 aliphatic rings. The van der Waals surface area contributed by atoms with Gasteiger partial charge in [0.15, 0.2) is 11.9 Å². The number of nitrogens with zero attached hydrogens (tertiary/aromatic N) is 2. The van der Waals surface area contributed by atoms with E-state index in [4.69, 9.17) is 9.47 Å². The topological polar surface area (TPSA) is 73.3 Å². The van der Waals surface area contributed by atoms with E-state index >= 15 is 0 Å². The second-order valence-electron chi connectivity index (χ2n) is 6.17. The van der Waals surface area contributed by atoms with E-state index in [0.29, 0.717) is 38.3 Å². The summed E-state index contributed by atoms with van der Waals surface area (Å²) in [6.45, 7) is 1.15. The predicted molar refractivity (Wildman–Crippen MR) is 86.5 cm³/mol. The molecule has 1 amide bonds. The number of para-hydroxylation sites is 1. The lowest BCUT2D eigenvalue weighted by Gasteiger charge is -2.37. The zero-order chi connectivity index (χ0) is 16.4. The number of ether oxygens (including phenoxy) is 2. The molecule has 0 radical (unpaired) electrons. The van der Waals surface area contributed by atoms with Crippen LogP contribution in [0.15, 0.2) is 42.7 Å². The van der Waals surface area contributed by atoms with Crippen LogP contribution < -0.4 is 10.1 Å². The highest BCUT2D eigenvalue weighted by atomic mass is 16.5. The SMILES string of the molecule is O=C(NC1(c2ncccn2)CCOCC1)[C@@H]1Cc2ccccc2O1. The molecule has 24 heavy (non-hydrogen) atoms. The highest BCUT2D eigenvalue weighted by Crippen LogP contribution is 2.32. The van der Waals surface area contributed by atoms with Crippen LogP contribution in [0.4, 0.5) is 0 Å². The van der Waals surface area contributed by atoms with E-state index in [1.165, 1.54) is 0 Å². The summed E-state index contributed by atoms with van der Waals surface area (Å²) in [7, 11) is 0. The first kappa shape index (κ1) is 15.1. The van der Waals surface area contributed by atoms with E-state index < -0.39 is 11.6 Å². The zero-order valence-corrected chi connectivity index (χ0v) is 13.3. The lowest BCUT2D eigenvalue weighted by molar-refractivity contribution is -0.131. The fraction of sp³-hybridized carbons (Fsp3) is 0.389. The summed E-state index contributed by atoms with van der Waals surface area (Å²) in [6, 6.07) is 9.53. The summed E-state index contributed by atoms with van der Waals surface area (Å²) in [4.78, 5) is 21.6. The van der Waals surface area contributed by atoms with Crippen molar-refractivity contribution in [2.24, 2.45) is 0 Å². The highest BCUT2D eigenvalue weighted by molar-refractivity contribution is 5.83. The monoisotopic (exact) mass is 325 g/mol. The van der Waals surface area contributed by atoms with Gasteiger partial charge in [-0.25, -0.2) is 9.97 Å². The van der Waals surface area contributed by atoms with Gasteiger partial charge in [0.25, 0.3) is 5.91 Å². The molecule has 1 N–H and O–H groups in total. The number of nitrogens with one attached hydrogen (secondary N) is 1. The van der Waals surface area contributed by atoms with Crippen LogP contribution >= 0.6 is 0 Å². The van der Waals surface area contributed by atoms with Gasteiger partial charge in [-0.3, -0.25) is 4.79 Å². The minimum absolute atomic E-state index is 0.124. The molecule has 4 rings (SSSR count). The smallest absolute Gasteiger partial charge is 0.262 e. The number of benzene rings is 1. The molecular weight excluding hydrogens is 306 g/mol. The van der Waals surface area contributed by atoms with Crippen LogP contribution in [-0.4, -0.2) is 35.2 Å². The molecule has 0 spiro atoms. The molecule has 0 bridgehead atoms. The minimum atomic E-state index is -0.589. The van der Waals surface area contributed by atoms with Gasteiger partial charge in [-0.05, 0) is 17.7 Å². The van der Waals surface area contributed by atoms with Gasteiger partial charge in [0.1, 0.15) is 11.3 Å². The summed E-state index contributed by atoms with van der Waals surface area (Å²) in [6.07, 6.45) is 4.79. The lowest BCUT2D eigenvalue weighted by atomic mass is 9.88. The van der Waals surface area contributed by atoms with Crippen LogP contribution in [0.25, 0.3) is 0 Å². The van der Waals surface area contributed by atoms with Gasteiger partial charge < -0.3 is 14.8 Å². The molecule has 0 unspecified atom stereocenters. The molecule has 2 aromatic rings. The van der Waals surface area contributed by atoms with Crippen LogP contribution in [0.3, 0.4) is 0 Å². The summed E-state index contributed by atoms with van der Waals surface area (Å²) >= 11 is 0. The van der Waals surface area contributed by atoms with E-state index in [1.807, 2.05) is 24.3 Å². The molecule has 1 aromatic heterocycles. The average Bonchev–Trinajstić information content (AvgIpc) is 3.08. The van der Waals surface area contributed by atoms with Crippen molar-refractivity contribution in [2.45, 2.75) is 30.9 Å². The Balaban J connectivity index is 1.54. The van der Waals surface area contributed by atoms with E-state index in [2.05, 4.69) is 15.3 Å². The third-order valence-electron chi connectivity index (χ3n) is 4.64. The van der Waals surface area contributed by atoms with E-state index in [-0.39, 0.29) is 5.91 Å². The fourth-order valence-corrected chi connectivity index (χ4v) is 3.32. The first-order valence-electron chi connectivity index (χ1n) is 8.19. The van der Waals surface area contributed by atoms with Crippen molar-refractivity contribution in [1.82, 2.24) is 15.3 Å². The van der Waals surface area contributed by atoms with Gasteiger partial charge in [-0.1, -0.05) is 18.2 Å². The first-order valence-corrected chi connectivity index (χ1v) is 8.19. The van der Waals surface area contributed by atoms with E-state index in [9.17, 15) is 4.79 Å². The third kappa shape index (κ3) is 2.73. The normalized spacial score (nSPS) is 21.6. The number of carbonyl (C=O) groups excluding carboxylic acids is 1. The number of rotatable bonds is 3. The first-order chi connectivity index (χ1) is 11.8. The zero-order valence-electron chi connectivity index (χ0n) is 13.3. The number of fused-ring (bicyclic) bond motifs is 1. The summed E-state index contributed by atoms with van der Waals surface area (Å²) in [5.41, 5.74) is 0.476. The Labute approximate surface area is 140 Å². The van der Waals surface area contributed by atoms with Crippen molar-refractivity contribution >= 4 is 5.91 Å². The lowest BCUT2D eigenvalue weighted by Crippen LogP contribution is -2.54. The van der Waals surface area contributed by atoms with Crippen molar-refractivity contribution in [3.05, 3.63) is 54.1 Å². The van der Waals surface area contributed by atoms with Crippen LogP contribution in [0.5, 0.6) is 5.75 Å². The van der Waals surface area contributed by atoms with Crippen LogP contribution in [0, 0.1) is 0 Å². The molecule has 1 atom stereocenters. The molecular formula is C18H19N3O3. The molecule has 1 aromatic carbocycles. The number of amides is 1. The van der Waals surface area contributed by atoms with Crippen molar-refractivity contribution in [3.63, 3.8) is 0 Å². The van der Waals surface area contributed by atoms with Crippen molar-refractivity contribution < 1.29 is 14.3 Å². The second-order valence-corrected chi connectivity index (χ2v) is 6.17. The van der Waals surface area contributed by atoms with Crippen molar-refractivity contribution in [1.29, 1.82) is 0 Å². The predicted octanol–water partition coefficient (Wildman–Crippen LogP) is 1.60. The number of hydrogen-bond donors (Lipinski definition) is 1. The van der Waals surface area contributed by atoms with Crippen molar-refractivity contribution in [3.8, 4) is 5.75 Å². The minimum Gasteiger partial charge on any atom is -0.480 e. The number of hydrogen-bond acceptors (Lipinski definition) is 5. The summed E-state index contributed by atoms with van der Waals surface area (Å²) < 4.78 is 11.3. The van der Waals surface area contributed by atoms with E-state index in [1.54, 1.807) is 18.5 Å². The van der Waals surface area contributed by atoms with Gasteiger partial charge in [-0.2, -0.15) is 0 Å². The van der Waals surface area contributed by atoms with Crippen LogP contribution in [-0.2, 0) is 21.5 Å². The highest BCUT2D eigenvalue weighted by Gasteiger charge is 2.41. The maximum Gasteiger partial charge on any atom is 0.262 e. The molecule has 2 aliphatic heterocycles. The quantitative estimate of drug-likeness (QED) is 0.928. The Bertz CT molecular complexity index is 704. The Morgan fingerprint density at radius 2 is 1.88 bits per heavy atom. The number of aromatic nitrogens is 2. The Kier molecular flexibility index (Phi) is 3.90. The fourth-order valence-electron chi connectivity index (χ4n) is 3.32. The van der Waals surface area contributed by atoms with Crippen LogP contribution in [0.1, 0.15) is 24.2 Å². The van der Waals surface area contributed by atoms with Crippen LogP contribution in [0.2, 0.25) is 0 Å². The molecule has 3 heterocycles. The average molecular weight is 325 g/mol. The van der Waals surface area contributed by atoms with Gasteiger partial charge in [0.2, 0.25) is 0 Å². The Morgan fingerprint density at radius 1 is 1.12 bits per heavy atom. The number of carbonyl (C=O) groups is 1. The summed E-state index contributed by atoms with van der Waals surface area (Å²) in [5, 5.41) is 3.16. The summed E-state index contributed by atoms with van der Waals surface area (Å²) in [5.74, 6) is 1.30. The van der Waals surface area contributed by atoms with E-state index in [0.717, 1.165) is 11.3 Å².